The van der Waals surface area contributed by atoms with Crippen LogP contribution in [0.4, 0.5) is 0 Å². The van der Waals surface area contributed by atoms with E-state index < -0.39 is 0 Å². The lowest BCUT2D eigenvalue weighted by molar-refractivity contribution is -0.927. The van der Waals surface area contributed by atoms with Gasteiger partial charge in [-0.25, -0.2) is 0 Å². The fraction of sp³-hybridized carbons (Fsp3) is 1.00. The highest BCUT2D eigenvalue weighted by Gasteiger charge is 2.25. The molecular weight excluding hydrogens is 269 g/mol. The Bertz CT molecular complexity index is 185. The first kappa shape index (κ1) is 20.8. The molecule has 0 bridgehead atoms. The van der Waals surface area contributed by atoms with Crippen LogP contribution in [0.25, 0.3) is 0 Å². The molecule has 18 heavy (non-hydrogen) atoms. The van der Waals surface area contributed by atoms with Crippen molar-refractivity contribution >= 4 is 11.6 Å². The van der Waals surface area contributed by atoms with Gasteiger partial charge in [-0.3, -0.25) is 0 Å². The van der Waals surface area contributed by atoms with Gasteiger partial charge in [-0.05, 0) is 27.2 Å². The van der Waals surface area contributed by atoms with Crippen molar-refractivity contribution < 1.29 is 22.0 Å². The summed E-state index contributed by atoms with van der Waals surface area (Å²) in [6.45, 7) is 12.6. The summed E-state index contributed by atoms with van der Waals surface area (Å²) >= 11 is 6.34. The van der Waals surface area contributed by atoms with Crippen molar-refractivity contribution in [2.75, 3.05) is 26.2 Å². The monoisotopic (exact) mass is 299 g/mol. The quantitative estimate of drug-likeness (QED) is 0.458. The van der Waals surface area contributed by atoms with Crippen molar-refractivity contribution in [1.82, 2.24) is 0 Å². The highest BCUT2D eigenvalue weighted by Crippen LogP contribution is 2.16. The molecule has 0 saturated heterocycles. The van der Waals surface area contributed by atoms with Crippen molar-refractivity contribution in [3.63, 3.8) is 0 Å². The summed E-state index contributed by atoms with van der Waals surface area (Å²) in [6, 6.07) is 0. The Hall–Kier alpha value is 0.500. The van der Waals surface area contributed by atoms with Crippen LogP contribution >= 0.6 is 11.6 Å². The van der Waals surface area contributed by atoms with E-state index in [-0.39, 0.29) is 18.5 Å². The lowest BCUT2D eigenvalue weighted by atomic mass is 10.1. The van der Waals surface area contributed by atoms with Gasteiger partial charge in [-0.1, -0.05) is 19.8 Å². The van der Waals surface area contributed by atoms with Crippen molar-refractivity contribution in [3.8, 4) is 0 Å². The number of halogens is 2. The van der Waals surface area contributed by atoms with Crippen LogP contribution in [-0.4, -0.2) is 47.2 Å². The minimum absolute atomic E-state index is 0. The summed E-state index contributed by atoms with van der Waals surface area (Å²) < 4.78 is 0.993. The fourth-order valence-corrected chi connectivity index (χ4v) is 2.69. The van der Waals surface area contributed by atoms with Crippen LogP contribution in [0, 0.1) is 0 Å². The maximum atomic E-state index is 9.61. The molecule has 0 aromatic carbocycles. The Balaban J connectivity index is 0. The van der Waals surface area contributed by atoms with Crippen molar-refractivity contribution in [1.29, 1.82) is 0 Å². The van der Waals surface area contributed by atoms with Crippen molar-refractivity contribution in [2.24, 2.45) is 0 Å². The zero-order chi connectivity index (χ0) is 13.3. The molecule has 112 valence electrons. The molecule has 0 spiro atoms. The molecule has 2 atom stereocenters. The third kappa shape index (κ3) is 8.58. The average molecular weight is 300 g/mol. The summed E-state index contributed by atoms with van der Waals surface area (Å²) in [5, 5.41) is 9.91. The lowest BCUT2D eigenvalue weighted by Gasteiger charge is -2.38. The minimum atomic E-state index is -0.223. The smallest absolute Gasteiger partial charge is 0.105 e. The summed E-state index contributed by atoms with van der Waals surface area (Å²) in [5.74, 6) is 0. The Morgan fingerprint density at radius 1 is 1.11 bits per heavy atom. The van der Waals surface area contributed by atoms with E-state index in [1.165, 1.54) is 12.8 Å². The van der Waals surface area contributed by atoms with Gasteiger partial charge in [0.25, 0.3) is 0 Å². The summed E-state index contributed by atoms with van der Waals surface area (Å²) in [6.07, 6.45) is 4.41. The highest BCUT2D eigenvalue weighted by atomic mass is 35.5. The molecule has 0 amide bonds. The molecular formula is C14H31Cl2NO. The number of nitrogens with zero attached hydrogens (tertiary/aromatic N) is 1. The van der Waals surface area contributed by atoms with Crippen LogP contribution in [0.3, 0.4) is 0 Å². The van der Waals surface area contributed by atoms with E-state index in [9.17, 15) is 5.11 Å². The van der Waals surface area contributed by atoms with Crippen LogP contribution < -0.4 is 12.4 Å². The number of alkyl halides is 1. The molecule has 0 aliphatic carbocycles. The van der Waals surface area contributed by atoms with E-state index >= 15 is 0 Å². The molecule has 0 heterocycles. The fourth-order valence-electron chi connectivity index (χ4n) is 2.43. The molecule has 2 nitrogen and oxygen atoms in total. The molecule has 0 aromatic rings. The Labute approximate surface area is 125 Å². The summed E-state index contributed by atoms with van der Waals surface area (Å²) in [4.78, 5) is 0. The van der Waals surface area contributed by atoms with Gasteiger partial charge in [0.15, 0.2) is 0 Å². The van der Waals surface area contributed by atoms with E-state index in [1.54, 1.807) is 0 Å². The van der Waals surface area contributed by atoms with Crippen LogP contribution in [0.5, 0.6) is 0 Å². The number of aliphatic hydroxyl groups is 1. The second kappa shape index (κ2) is 11.3. The largest absolute Gasteiger partial charge is 1.00 e. The van der Waals surface area contributed by atoms with E-state index in [0.29, 0.717) is 5.38 Å². The third-order valence-electron chi connectivity index (χ3n) is 3.78. The van der Waals surface area contributed by atoms with Gasteiger partial charge in [0, 0.05) is 11.8 Å². The Kier molecular flexibility index (Phi) is 13.1. The number of unbranched alkanes of at least 4 members (excludes halogenated alkanes) is 1. The van der Waals surface area contributed by atoms with E-state index in [4.69, 9.17) is 11.6 Å². The topological polar surface area (TPSA) is 20.2 Å². The molecule has 0 saturated carbocycles. The van der Waals surface area contributed by atoms with E-state index in [2.05, 4.69) is 20.8 Å². The van der Waals surface area contributed by atoms with Crippen LogP contribution in [0.2, 0.25) is 0 Å². The van der Waals surface area contributed by atoms with E-state index in [0.717, 1.165) is 43.5 Å². The highest BCUT2D eigenvalue weighted by molar-refractivity contribution is 6.20. The molecule has 0 radical (unpaired) electrons. The number of aliphatic hydroxyl groups excluding tert-OH is 1. The number of hydrogen-bond donors (Lipinski definition) is 1. The van der Waals surface area contributed by atoms with Crippen LogP contribution in [0.15, 0.2) is 0 Å². The van der Waals surface area contributed by atoms with Crippen molar-refractivity contribution in [2.45, 2.75) is 64.9 Å². The first-order valence-electron chi connectivity index (χ1n) is 7.16. The van der Waals surface area contributed by atoms with Gasteiger partial charge in [-0.15, -0.1) is 11.6 Å². The summed E-state index contributed by atoms with van der Waals surface area (Å²) in [7, 11) is 0. The van der Waals surface area contributed by atoms with Crippen LogP contribution in [-0.2, 0) is 0 Å². The average Bonchev–Trinajstić information content (AvgIpc) is 2.31. The zero-order valence-electron chi connectivity index (χ0n) is 12.5. The maximum Gasteiger partial charge on any atom is 0.105 e. The van der Waals surface area contributed by atoms with E-state index in [1.807, 2.05) is 6.92 Å². The predicted octanol–water partition coefficient (Wildman–Crippen LogP) is 0.416. The predicted molar refractivity (Wildman–Crippen MR) is 76.5 cm³/mol. The van der Waals surface area contributed by atoms with Gasteiger partial charge in [-0.2, -0.15) is 0 Å². The molecule has 2 unspecified atom stereocenters. The lowest BCUT2D eigenvalue weighted by Crippen LogP contribution is -3.00. The third-order valence-corrected chi connectivity index (χ3v) is 4.22. The van der Waals surface area contributed by atoms with Gasteiger partial charge in [0.05, 0.1) is 19.6 Å². The first-order valence-corrected chi connectivity index (χ1v) is 7.60. The summed E-state index contributed by atoms with van der Waals surface area (Å²) in [5.41, 5.74) is 0. The Morgan fingerprint density at radius 3 is 2.06 bits per heavy atom. The number of likely N-dealkylation sites (N-methyl/N-ethyl adjacent to an activating group) is 1. The van der Waals surface area contributed by atoms with Gasteiger partial charge >= 0.3 is 0 Å². The minimum Gasteiger partial charge on any atom is -1.00 e. The van der Waals surface area contributed by atoms with Gasteiger partial charge in [0.1, 0.15) is 12.6 Å². The first-order chi connectivity index (χ1) is 7.99. The SMILES string of the molecule is CCCCC(Cl)CC[N+](CC)(CC)CC(C)O.[Cl-]. The van der Waals surface area contributed by atoms with Gasteiger partial charge < -0.3 is 22.0 Å². The molecule has 0 aromatic heterocycles. The number of rotatable bonds is 10. The number of hydrogen-bond acceptors (Lipinski definition) is 1. The van der Waals surface area contributed by atoms with Crippen molar-refractivity contribution in [3.05, 3.63) is 0 Å². The Morgan fingerprint density at radius 2 is 1.67 bits per heavy atom. The molecule has 0 aliphatic heterocycles. The molecule has 4 heteroatoms. The van der Waals surface area contributed by atoms with Gasteiger partial charge in [0.2, 0.25) is 0 Å². The molecule has 0 aliphatic rings. The molecule has 0 fully saturated rings. The number of quaternary nitrogens is 1. The zero-order valence-corrected chi connectivity index (χ0v) is 14.0. The maximum absolute atomic E-state index is 9.61. The standard InChI is InChI=1S/C14H31ClNO.ClH/c1-5-8-9-14(15)10-11-16(6-2,7-3)12-13(4)17;/h13-14,17H,5-12H2,1-4H3;1H/q+1;/p-1. The molecule has 0 rings (SSSR count). The molecule has 1 N–H and O–H groups in total. The van der Waals surface area contributed by atoms with Crippen LogP contribution in [0.1, 0.15) is 53.4 Å². The second-order valence-corrected chi connectivity index (χ2v) is 5.87. The second-order valence-electron chi connectivity index (χ2n) is 5.26. The normalized spacial score (nSPS) is 15.0.